The number of halogens is 1. The lowest BCUT2D eigenvalue weighted by molar-refractivity contribution is 0.234. The van der Waals surface area contributed by atoms with E-state index in [9.17, 15) is 0 Å². The molecule has 0 N–H and O–H groups in total. The van der Waals surface area contributed by atoms with Gasteiger partial charge in [0.05, 0.1) is 14.2 Å². The van der Waals surface area contributed by atoms with Crippen LogP contribution in [0.3, 0.4) is 0 Å². The van der Waals surface area contributed by atoms with Gasteiger partial charge in [-0.3, -0.25) is 0 Å². The number of methoxy groups -OCH3 is 2. The number of hydrogen-bond acceptors (Lipinski definition) is 3. The minimum atomic E-state index is 0.319. The zero-order chi connectivity index (χ0) is 13.7. The van der Waals surface area contributed by atoms with Crippen LogP contribution >= 0.6 is 11.6 Å². The minimum absolute atomic E-state index is 0.319. The molecule has 106 valence electrons. The van der Waals surface area contributed by atoms with E-state index in [2.05, 4.69) is 17.0 Å². The monoisotopic (exact) mass is 283 g/mol. The molecule has 1 fully saturated rings. The van der Waals surface area contributed by atoms with E-state index < -0.39 is 0 Å². The number of piperidine rings is 1. The number of alkyl halides is 1. The first-order valence-corrected chi connectivity index (χ1v) is 7.24. The third-order valence-electron chi connectivity index (χ3n) is 3.61. The second-order valence-corrected chi connectivity index (χ2v) is 5.60. The Bertz CT molecular complexity index is 411. The van der Waals surface area contributed by atoms with Crippen LogP contribution in [0.2, 0.25) is 0 Å². The van der Waals surface area contributed by atoms with Crippen molar-refractivity contribution in [2.75, 3.05) is 33.9 Å². The first kappa shape index (κ1) is 14.5. The maximum absolute atomic E-state index is 6.20. The van der Waals surface area contributed by atoms with E-state index in [-0.39, 0.29) is 0 Å². The Morgan fingerprint density at radius 3 is 2.74 bits per heavy atom. The third kappa shape index (κ3) is 4.02. The highest BCUT2D eigenvalue weighted by molar-refractivity contribution is 6.20. The Kier molecular flexibility index (Phi) is 5.34. The maximum Gasteiger partial charge on any atom is 0.160 e. The minimum Gasteiger partial charge on any atom is -0.493 e. The van der Waals surface area contributed by atoms with Crippen LogP contribution in [0.15, 0.2) is 18.2 Å². The van der Waals surface area contributed by atoms with E-state index in [1.807, 2.05) is 6.07 Å². The number of ether oxygens (including phenoxy) is 2. The molecular weight excluding hydrogens is 262 g/mol. The first-order valence-electron chi connectivity index (χ1n) is 6.80. The topological polar surface area (TPSA) is 21.7 Å². The summed E-state index contributed by atoms with van der Waals surface area (Å²) in [6.07, 6.45) is 3.37. The molecule has 0 radical (unpaired) electrons. The normalized spacial score (nSPS) is 20.3. The van der Waals surface area contributed by atoms with E-state index >= 15 is 0 Å². The second-order valence-electron chi connectivity index (χ2n) is 4.98. The van der Waals surface area contributed by atoms with Gasteiger partial charge in [0.1, 0.15) is 0 Å². The van der Waals surface area contributed by atoms with Crippen LogP contribution in [0.25, 0.3) is 0 Å². The summed E-state index contributed by atoms with van der Waals surface area (Å²) in [7, 11) is 3.33. The molecule has 1 aromatic rings. The van der Waals surface area contributed by atoms with Gasteiger partial charge in [-0.2, -0.15) is 0 Å². The van der Waals surface area contributed by atoms with E-state index in [1.54, 1.807) is 14.2 Å². The molecule has 1 atom stereocenters. The molecule has 2 rings (SSSR count). The van der Waals surface area contributed by atoms with Gasteiger partial charge in [-0.05, 0) is 43.5 Å². The van der Waals surface area contributed by atoms with Crippen LogP contribution in [0.5, 0.6) is 11.5 Å². The van der Waals surface area contributed by atoms with Gasteiger partial charge in [0.25, 0.3) is 0 Å². The van der Waals surface area contributed by atoms with Crippen LogP contribution in [0.1, 0.15) is 18.4 Å². The Labute approximate surface area is 120 Å². The van der Waals surface area contributed by atoms with Crippen molar-refractivity contribution in [3.63, 3.8) is 0 Å². The fraction of sp³-hybridized carbons (Fsp3) is 0.600. The molecule has 0 spiro atoms. The van der Waals surface area contributed by atoms with Crippen LogP contribution in [-0.4, -0.2) is 44.1 Å². The predicted molar refractivity (Wildman–Crippen MR) is 78.6 cm³/mol. The molecule has 3 nitrogen and oxygen atoms in total. The largest absolute Gasteiger partial charge is 0.493 e. The van der Waals surface area contributed by atoms with Crippen molar-refractivity contribution in [2.24, 2.45) is 0 Å². The average molecular weight is 284 g/mol. The fourth-order valence-corrected chi connectivity index (χ4v) is 2.88. The average Bonchev–Trinajstić information content (AvgIpc) is 2.45. The Hall–Kier alpha value is -0.930. The number of benzene rings is 1. The summed E-state index contributed by atoms with van der Waals surface area (Å²) in [6, 6.07) is 6.12. The van der Waals surface area contributed by atoms with Gasteiger partial charge in [-0.15, -0.1) is 11.6 Å². The molecule has 1 aromatic carbocycles. The summed E-state index contributed by atoms with van der Waals surface area (Å²) in [4.78, 5) is 2.44. The second kappa shape index (κ2) is 7.01. The van der Waals surface area contributed by atoms with Crippen molar-refractivity contribution in [1.82, 2.24) is 4.90 Å². The van der Waals surface area contributed by atoms with Crippen molar-refractivity contribution in [2.45, 2.75) is 24.6 Å². The van der Waals surface area contributed by atoms with Crippen molar-refractivity contribution < 1.29 is 9.47 Å². The lowest BCUT2D eigenvalue weighted by atomic mass is 10.1. The van der Waals surface area contributed by atoms with Gasteiger partial charge in [-0.25, -0.2) is 0 Å². The van der Waals surface area contributed by atoms with Crippen LogP contribution in [-0.2, 0) is 6.42 Å². The summed E-state index contributed by atoms with van der Waals surface area (Å²) in [6.45, 7) is 3.23. The molecule has 0 saturated carbocycles. The lowest BCUT2D eigenvalue weighted by Gasteiger charge is -2.29. The van der Waals surface area contributed by atoms with Gasteiger partial charge in [0.2, 0.25) is 0 Å². The van der Waals surface area contributed by atoms with Crippen molar-refractivity contribution >= 4 is 11.6 Å². The van der Waals surface area contributed by atoms with Gasteiger partial charge in [-0.1, -0.05) is 6.07 Å². The first-order chi connectivity index (χ1) is 9.22. The number of hydrogen-bond donors (Lipinski definition) is 0. The molecule has 19 heavy (non-hydrogen) atoms. The molecule has 1 saturated heterocycles. The van der Waals surface area contributed by atoms with E-state index in [0.717, 1.165) is 44.0 Å². The Morgan fingerprint density at radius 2 is 2.05 bits per heavy atom. The highest BCUT2D eigenvalue weighted by Gasteiger charge is 2.17. The van der Waals surface area contributed by atoms with Gasteiger partial charge < -0.3 is 14.4 Å². The van der Waals surface area contributed by atoms with Crippen LogP contribution in [0, 0.1) is 0 Å². The summed E-state index contributed by atoms with van der Waals surface area (Å²) in [5, 5.41) is 0.319. The van der Waals surface area contributed by atoms with E-state index in [4.69, 9.17) is 21.1 Å². The zero-order valence-electron chi connectivity index (χ0n) is 11.7. The molecule has 0 amide bonds. The van der Waals surface area contributed by atoms with Crippen LogP contribution < -0.4 is 9.47 Å². The van der Waals surface area contributed by atoms with Crippen molar-refractivity contribution in [1.29, 1.82) is 0 Å². The summed E-state index contributed by atoms with van der Waals surface area (Å²) in [5.41, 5.74) is 1.27. The highest BCUT2D eigenvalue weighted by Crippen LogP contribution is 2.27. The van der Waals surface area contributed by atoms with Crippen LogP contribution in [0.4, 0.5) is 0 Å². The molecule has 1 aliphatic heterocycles. The molecule has 1 aliphatic rings. The quantitative estimate of drug-likeness (QED) is 0.776. The maximum atomic E-state index is 6.20. The smallest absolute Gasteiger partial charge is 0.160 e. The van der Waals surface area contributed by atoms with Crippen molar-refractivity contribution in [3.05, 3.63) is 23.8 Å². The molecule has 0 aromatic heterocycles. The molecule has 4 heteroatoms. The highest BCUT2D eigenvalue weighted by atomic mass is 35.5. The molecule has 0 bridgehead atoms. The van der Waals surface area contributed by atoms with Gasteiger partial charge in [0, 0.05) is 18.5 Å². The van der Waals surface area contributed by atoms with Crippen molar-refractivity contribution in [3.8, 4) is 11.5 Å². The summed E-state index contributed by atoms with van der Waals surface area (Å²) in [5.74, 6) is 1.58. The van der Waals surface area contributed by atoms with Gasteiger partial charge in [0.15, 0.2) is 11.5 Å². The number of nitrogens with zero attached hydrogens (tertiary/aromatic N) is 1. The summed E-state index contributed by atoms with van der Waals surface area (Å²) < 4.78 is 10.6. The predicted octanol–water partition coefficient (Wildman–Crippen LogP) is 2.95. The SMILES string of the molecule is COc1ccc(CCN2CCC[C@@H](Cl)C2)cc1OC. The third-order valence-corrected chi connectivity index (χ3v) is 3.97. The van der Waals surface area contributed by atoms with E-state index in [0.29, 0.717) is 5.38 Å². The molecule has 0 aliphatic carbocycles. The standard InChI is InChI=1S/C15H22ClNO2/c1-18-14-6-5-12(10-15(14)19-2)7-9-17-8-3-4-13(16)11-17/h5-6,10,13H,3-4,7-9,11H2,1-2H3/t13-/m1/s1. The van der Waals surface area contributed by atoms with E-state index in [1.165, 1.54) is 12.0 Å². The fourth-order valence-electron chi connectivity index (χ4n) is 2.53. The Morgan fingerprint density at radius 1 is 1.26 bits per heavy atom. The zero-order valence-corrected chi connectivity index (χ0v) is 12.4. The number of rotatable bonds is 5. The number of likely N-dealkylation sites (tertiary alicyclic amines) is 1. The summed E-state index contributed by atoms with van der Waals surface area (Å²) >= 11 is 6.20. The lowest BCUT2D eigenvalue weighted by Crippen LogP contribution is -2.37. The Balaban J connectivity index is 1.92. The van der Waals surface area contributed by atoms with Gasteiger partial charge >= 0.3 is 0 Å². The molecular formula is C15H22ClNO2. The molecule has 1 heterocycles. The molecule has 0 unspecified atom stereocenters.